The molecule has 0 saturated heterocycles. The van der Waals surface area contributed by atoms with Gasteiger partial charge in [0.2, 0.25) is 0 Å². The quantitative estimate of drug-likeness (QED) is 0.436. The molecule has 96 valence electrons. The van der Waals surface area contributed by atoms with Crippen LogP contribution in [0.4, 0.5) is 0 Å². The highest BCUT2D eigenvalue weighted by atomic mass is 127. The largest absolute Gasteiger partial charge is 0.370 e. The van der Waals surface area contributed by atoms with Crippen LogP contribution in [0.3, 0.4) is 0 Å². The van der Waals surface area contributed by atoms with Crippen LogP contribution in [-0.4, -0.2) is 28.2 Å². The second kappa shape index (κ2) is 6.94. The minimum Gasteiger partial charge on any atom is -0.370 e. The van der Waals surface area contributed by atoms with Crippen molar-refractivity contribution >= 4 is 29.9 Å². The Morgan fingerprint density at radius 1 is 1.50 bits per heavy atom. The SMILES string of the molecule is CN=C(N)NCc1cccc(-c2ncn[nH]2)c1.I. The van der Waals surface area contributed by atoms with Crippen LogP contribution in [0.2, 0.25) is 0 Å². The summed E-state index contributed by atoms with van der Waals surface area (Å²) in [6.45, 7) is 0.630. The first-order chi connectivity index (χ1) is 8.29. The van der Waals surface area contributed by atoms with Gasteiger partial charge in [-0.2, -0.15) is 5.10 Å². The Morgan fingerprint density at radius 2 is 2.33 bits per heavy atom. The van der Waals surface area contributed by atoms with Gasteiger partial charge in [-0.25, -0.2) is 4.98 Å². The summed E-state index contributed by atoms with van der Waals surface area (Å²) in [6.07, 6.45) is 1.49. The highest BCUT2D eigenvalue weighted by molar-refractivity contribution is 14.0. The Morgan fingerprint density at radius 3 is 3.00 bits per heavy atom. The van der Waals surface area contributed by atoms with Crippen molar-refractivity contribution in [3.8, 4) is 11.4 Å². The molecule has 7 heteroatoms. The van der Waals surface area contributed by atoms with Crippen molar-refractivity contribution in [2.45, 2.75) is 6.54 Å². The fourth-order valence-electron chi connectivity index (χ4n) is 1.44. The summed E-state index contributed by atoms with van der Waals surface area (Å²) in [6, 6.07) is 7.97. The standard InChI is InChI=1S/C11H14N6.HI/c1-13-11(12)14-6-8-3-2-4-9(5-8)10-15-7-16-17-10;/h2-5,7H,6H2,1H3,(H3,12,13,14)(H,15,16,17);1H. The van der Waals surface area contributed by atoms with E-state index < -0.39 is 0 Å². The molecule has 2 rings (SSSR count). The van der Waals surface area contributed by atoms with Gasteiger partial charge in [0.25, 0.3) is 0 Å². The van der Waals surface area contributed by atoms with E-state index in [4.69, 9.17) is 5.73 Å². The lowest BCUT2D eigenvalue weighted by molar-refractivity contribution is 0.900. The van der Waals surface area contributed by atoms with Crippen LogP contribution in [0.15, 0.2) is 35.6 Å². The van der Waals surface area contributed by atoms with Crippen LogP contribution in [-0.2, 0) is 6.54 Å². The number of nitrogens with zero attached hydrogens (tertiary/aromatic N) is 3. The second-order valence-corrected chi connectivity index (χ2v) is 3.50. The number of aromatic amines is 1. The van der Waals surface area contributed by atoms with Gasteiger partial charge in [0.05, 0.1) is 0 Å². The van der Waals surface area contributed by atoms with E-state index in [0.29, 0.717) is 12.5 Å². The second-order valence-electron chi connectivity index (χ2n) is 3.50. The monoisotopic (exact) mass is 358 g/mol. The topological polar surface area (TPSA) is 92.0 Å². The van der Waals surface area contributed by atoms with Gasteiger partial charge in [-0.3, -0.25) is 10.1 Å². The Kier molecular flexibility index (Phi) is 5.56. The first kappa shape index (κ1) is 14.4. The third-order valence-corrected chi connectivity index (χ3v) is 2.33. The minimum atomic E-state index is 0. The molecule has 0 aliphatic rings. The van der Waals surface area contributed by atoms with Crippen molar-refractivity contribution in [3.63, 3.8) is 0 Å². The number of H-pyrrole nitrogens is 1. The summed E-state index contributed by atoms with van der Waals surface area (Å²) in [7, 11) is 1.65. The van der Waals surface area contributed by atoms with Gasteiger partial charge in [0.1, 0.15) is 6.33 Å². The molecule has 0 saturated carbocycles. The number of nitrogens with one attached hydrogen (secondary N) is 2. The molecule has 0 unspecified atom stereocenters. The molecular weight excluding hydrogens is 343 g/mol. The lowest BCUT2D eigenvalue weighted by Gasteiger charge is -2.05. The van der Waals surface area contributed by atoms with Crippen LogP contribution in [0.1, 0.15) is 5.56 Å². The van der Waals surface area contributed by atoms with Crippen molar-refractivity contribution in [2.75, 3.05) is 7.05 Å². The molecule has 0 aliphatic heterocycles. The number of benzene rings is 1. The predicted molar refractivity (Wildman–Crippen MR) is 81.6 cm³/mol. The first-order valence-electron chi connectivity index (χ1n) is 5.20. The fraction of sp³-hybridized carbons (Fsp3) is 0.182. The van der Waals surface area contributed by atoms with Gasteiger partial charge in [0.15, 0.2) is 11.8 Å². The lowest BCUT2D eigenvalue weighted by atomic mass is 10.1. The maximum absolute atomic E-state index is 5.56. The van der Waals surface area contributed by atoms with Gasteiger partial charge in [0, 0.05) is 19.2 Å². The molecule has 18 heavy (non-hydrogen) atoms. The average molecular weight is 358 g/mol. The average Bonchev–Trinajstić information content (AvgIpc) is 2.90. The zero-order valence-electron chi connectivity index (χ0n) is 9.92. The molecule has 1 aromatic carbocycles. The number of rotatable bonds is 3. The van der Waals surface area contributed by atoms with E-state index in [-0.39, 0.29) is 24.0 Å². The summed E-state index contributed by atoms with van der Waals surface area (Å²) >= 11 is 0. The summed E-state index contributed by atoms with van der Waals surface area (Å²) in [5.41, 5.74) is 7.66. The van der Waals surface area contributed by atoms with Crippen molar-refractivity contribution in [3.05, 3.63) is 36.2 Å². The fourth-order valence-corrected chi connectivity index (χ4v) is 1.44. The van der Waals surface area contributed by atoms with Crippen LogP contribution in [0.25, 0.3) is 11.4 Å². The third-order valence-electron chi connectivity index (χ3n) is 2.33. The summed E-state index contributed by atoms with van der Waals surface area (Å²) in [4.78, 5) is 7.93. The molecule has 6 nitrogen and oxygen atoms in total. The van der Waals surface area contributed by atoms with E-state index in [9.17, 15) is 0 Å². The summed E-state index contributed by atoms with van der Waals surface area (Å²) < 4.78 is 0. The molecule has 1 aromatic heterocycles. The van der Waals surface area contributed by atoms with Crippen molar-refractivity contribution in [1.82, 2.24) is 20.5 Å². The zero-order valence-corrected chi connectivity index (χ0v) is 12.3. The van der Waals surface area contributed by atoms with Gasteiger partial charge in [-0.1, -0.05) is 18.2 Å². The molecular formula is C11H15IN6. The maximum Gasteiger partial charge on any atom is 0.188 e. The molecule has 0 spiro atoms. The van der Waals surface area contributed by atoms with E-state index >= 15 is 0 Å². The number of nitrogens with two attached hydrogens (primary N) is 1. The number of hydrogen-bond acceptors (Lipinski definition) is 3. The summed E-state index contributed by atoms with van der Waals surface area (Å²) in [5, 5.41) is 9.65. The lowest BCUT2D eigenvalue weighted by Crippen LogP contribution is -2.30. The van der Waals surface area contributed by atoms with E-state index in [2.05, 4.69) is 25.5 Å². The Hall–Kier alpha value is -1.64. The van der Waals surface area contributed by atoms with Crippen molar-refractivity contribution < 1.29 is 0 Å². The number of halogens is 1. The minimum absolute atomic E-state index is 0. The third kappa shape index (κ3) is 3.69. The maximum atomic E-state index is 5.56. The normalized spacial score (nSPS) is 10.8. The van der Waals surface area contributed by atoms with Gasteiger partial charge >= 0.3 is 0 Å². The van der Waals surface area contributed by atoms with E-state index in [1.165, 1.54) is 6.33 Å². The molecule has 0 atom stereocenters. The van der Waals surface area contributed by atoms with E-state index in [0.717, 1.165) is 17.0 Å². The Bertz CT molecular complexity index is 508. The molecule has 0 aliphatic carbocycles. The van der Waals surface area contributed by atoms with Crippen LogP contribution in [0, 0.1) is 0 Å². The van der Waals surface area contributed by atoms with Crippen molar-refractivity contribution in [1.29, 1.82) is 0 Å². The zero-order chi connectivity index (χ0) is 12.1. The van der Waals surface area contributed by atoms with Crippen LogP contribution >= 0.6 is 24.0 Å². The Labute approximate surface area is 122 Å². The molecule has 0 bridgehead atoms. The highest BCUT2D eigenvalue weighted by Crippen LogP contribution is 2.15. The number of aromatic nitrogens is 3. The smallest absolute Gasteiger partial charge is 0.188 e. The molecule has 2 aromatic rings. The van der Waals surface area contributed by atoms with Gasteiger partial charge in [-0.05, 0) is 11.6 Å². The van der Waals surface area contributed by atoms with E-state index in [1.807, 2.05) is 24.3 Å². The summed E-state index contributed by atoms with van der Waals surface area (Å²) in [5.74, 6) is 1.18. The Balaban J connectivity index is 0.00000162. The highest BCUT2D eigenvalue weighted by Gasteiger charge is 2.01. The molecule has 0 radical (unpaired) electrons. The number of aliphatic imine (C=N–C) groups is 1. The predicted octanol–water partition coefficient (Wildman–Crippen LogP) is 1.12. The van der Waals surface area contributed by atoms with Crippen LogP contribution in [0.5, 0.6) is 0 Å². The van der Waals surface area contributed by atoms with Gasteiger partial charge < -0.3 is 11.1 Å². The first-order valence-corrected chi connectivity index (χ1v) is 5.20. The van der Waals surface area contributed by atoms with Crippen molar-refractivity contribution in [2.24, 2.45) is 10.7 Å². The van der Waals surface area contributed by atoms with Gasteiger partial charge in [-0.15, -0.1) is 24.0 Å². The van der Waals surface area contributed by atoms with E-state index in [1.54, 1.807) is 7.05 Å². The molecule has 0 amide bonds. The molecule has 1 heterocycles. The van der Waals surface area contributed by atoms with Crippen LogP contribution < -0.4 is 11.1 Å². The molecule has 4 N–H and O–H groups in total. The molecule has 0 fully saturated rings. The number of guanidine groups is 1. The number of hydrogen-bond donors (Lipinski definition) is 3.